The van der Waals surface area contributed by atoms with Crippen LogP contribution in [0.25, 0.3) is 0 Å². The molecule has 0 radical (unpaired) electrons. The van der Waals surface area contributed by atoms with Gasteiger partial charge in [-0.15, -0.1) is 0 Å². The topological polar surface area (TPSA) is 58.8 Å². The molecule has 2 N–H and O–H groups in total. The van der Waals surface area contributed by atoms with E-state index in [0.717, 1.165) is 42.9 Å². The van der Waals surface area contributed by atoms with Gasteiger partial charge in [0.25, 0.3) is 0 Å². The molecular formula is C15H21N3O2. The van der Waals surface area contributed by atoms with E-state index < -0.39 is 6.04 Å². The van der Waals surface area contributed by atoms with Crippen molar-refractivity contribution < 1.29 is 9.53 Å². The van der Waals surface area contributed by atoms with Gasteiger partial charge in [-0.1, -0.05) is 6.07 Å². The summed E-state index contributed by atoms with van der Waals surface area (Å²) < 4.78 is 5.67. The van der Waals surface area contributed by atoms with Crippen LogP contribution in [0.1, 0.15) is 24.4 Å². The second-order valence-corrected chi connectivity index (χ2v) is 5.63. The maximum Gasteiger partial charge on any atom is 0.248 e. The molecule has 20 heavy (non-hydrogen) atoms. The van der Waals surface area contributed by atoms with Gasteiger partial charge in [-0.3, -0.25) is 4.79 Å². The third kappa shape index (κ3) is 2.17. The first-order valence-corrected chi connectivity index (χ1v) is 7.08. The van der Waals surface area contributed by atoms with Crippen LogP contribution in [0.15, 0.2) is 18.2 Å². The second kappa shape index (κ2) is 5.07. The molecule has 1 amide bonds. The number of nitrogens with zero attached hydrogens (tertiary/aromatic N) is 2. The molecule has 1 aromatic carbocycles. The van der Waals surface area contributed by atoms with E-state index in [9.17, 15) is 4.79 Å². The van der Waals surface area contributed by atoms with Gasteiger partial charge in [-0.2, -0.15) is 0 Å². The van der Waals surface area contributed by atoms with Crippen LogP contribution >= 0.6 is 0 Å². The molecule has 1 saturated heterocycles. The Labute approximate surface area is 119 Å². The van der Waals surface area contributed by atoms with E-state index in [2.05, 4.69) is 11.9 Å². The van der Waals surface area contributed by atoms with Gasteiger partial charge in [0, 0.05) is 38.5 Å². The minimum absolute atomic E-state index is 0.0427. The van der Waals surface area contributed by atoms with E-state index >= 15 is 0 Å². The maximum absolute atomic E-state index is 11.9. The fraction of sp³-hybridized carbons (Fsp3) is 0.533. The molecule has 0 bridgehead atoms. The van der Waals surface area contributed by atoms with E-state index in [1.165, 1.54) is 0 Å². The zero-order chi connectivity index (χ0) is 14.3. The summed E-state index contributed by atoms with van der Waals surface area (Å²) in [7, 11) is 3.83. The molecule has 2 atom stereocenters. The number of fused-ring (bicyclic) bond motifs is 1. The molecule has 2 aliphatic heterocycles. The van der Waals surface area contributed by atoms with Gasteiger partial charge < -0.3 is 20.3 Å². The van der Waals surface area contributed by atoms with Crippen molar-refractivity contribution in [3.63, 3.8) is 0 Å². The Morgan fingerprint density at radius 3 is 3.00 bits per heavy atom. The fourth-order valence-corrected chi connectivity index (χ4v) is 2.98. The van der Waals surface area contributed by atoms with E-state index in [1.807, 2.05) is 18.2 Å². The number of hydrogen-bond acceptors (Lipinski definition) is 4. The van der Waals surface area contributed by atoms with Crippen molar-refractivity contribution in [1.82, 2.24) is 0 Å². The van der Waals surface area contributed by atoms with Crippen LogP contribution < -0.4 is 15.5 Å². The minimum Gasteiger partial charge on any atom is -0.376 e. The summed E-state index contributed by atoms with van der Waals surface area (Å²) in [6, 6.07) is 5.50. The summed E-state index contributed by atoms with van der Waals surface area (Å²) in [5, 5.41) is 0. The predicted molar refractivity (Wildman–Crippen MR) is 79.0 cm³/mol. The first-order chi connectivity index (χ1) is 9.58. The van der Waals surface area contributed by atoms with Crippen molar-refractivity contribution >= 4 is 17.3 Å². The van der Waals surface area contributed by atoms with Crippen molar-refractivity contribution in [1.29, 1.82) is 0 Å². The average Bonchev–Trinajstić information content (AvgIpc) is 3.03. The number of ether oxygens (including phenoxy) is 1. The Morgan fingerprint density at radius 1 is 1.50 bits per heavy atom. The maximum atomic E-state index is 11.9. The zero-order valence-electron chi connectivity index (χ0n) is 12.0. The lowest BCUT2D eigenvalue weighted by Gasteiger charge is -2.24. The number of anilines is 2. The van der Waals surface area contributed by atoms with Gasteiger partial charge >= 0.3 is 0 Å². The quantitative estimate of drug-likeness (QED) is 0.902. The van der Waals surface area contributed by atoms with E-state index in [1.54, 1.807) is 11.9 Å². The summed E-state index contributed by atoms with van der Waals surface area (Å²) >= 11 is 0. The summed E-state index contributed by atoms with van der Waals surface area (Å²) in [6.07, 6.45) is 2.59. The molecule has 0 aliphatic carbocycles. The van der Waals surface area contributed by atoms with E-state index in [-0.39, 0.29) is 5.91 Å². The summed E-state index contributed by atoms with van der Waals surface area (Å²) in [5.41, 5.74) is 8.83. The number of rotatable bonds is 3. The van der Waals surface area contributed by atoms with Crippen LogP contribution in [0.4, 0.5) is 11.4 Å². The zero-order valence-corrected chi connectivity index (χ0v) is 12.0. The molecule has 0 spiro atoms. The summed E-state index contributed by atoms with van der Waals surface area (Å²) in [6.45, 7) is 1.75. The highest BCUT2D eigenvalue weighted by Gasteiger charge is 2.32. The average molecular weight is 275 g/mol. The van der Waals surface area contributed by atoms with Gasteiger partial charge in [0.05, 0.1) is 11.8 Å². The standard InChI is InChI=1S/C15H21N3O2/c1-17(9-11-4-3-7-20-11)10-5-6-12-13(8-10)18(2)15(19)14(12)16/h5-6,8,11,14H,3-4,7,9,16H2,1-2H3. The Hall–Kier alpha value is -1.59. The molecule has 2 heterocycles. The molecule has 5 nitrogen and oxygen atoms in total. The first kappa shape index (κ1) is 13.4. The smallest absolute Gasteiger partial charge is 0.248 e. The number of hydrogen-bond donors (Lipinski definition) is 1. The van der Waals surface area contributed by atoms with Crippen LogP contribution in [-0.4, -0.2) is 39.3 Å². The van der Waals surface area contributed by atoms with Crippen molar-refractivity contribution in [3.8, 4) is 0 Å². The van der Waals surface area contributed by atoms with Crippen LogP contribution in [0.3, 0.4) is 0 Å². The fourth-order valence-electron chi connectivity index (χ4n) is 2.98. The number of amides is 1. The van der Waals surface area contributed by atoms with Crippen molar-refractivity contribution in [2.75, 3.05) is 37.0 Å². The van der Waals surface area contributed by atoms with Crippen molar-refractivity contribution in [2.45, 2.75) is 25.0 Å². The number of carbonyl (C=O) groups is 1. The molecular weight excluding hydrogens is 254 g/mol. The number of benzene rings is 1. The third-order valence-electron chi connectivity index (χ3n) is 4.25. The highest BCUT2D eigenvalue weighted by Crippen LogP contribution is 2.36. The van der Waals surface area contributed by atoms with Gasteiger partial charge in [-0.05, 0) is 25.0 Å². The minimum atomic E-state index is -0.521. The largest absolute Gasteiger partial charge is 0.376 e. The molecule has 1 fully saturated rings. The number of carbonyl (C=O) groups excluding carboxylic acids is 1. The Morgan fingerprint density at radius 2 is 2.30 bits per heavy atom. The van der Waals surface area contributed by atoms with Gasteiger partial charge in [-0.25, -0.2) is 0 Å². The molecule has 2 aliphatic rings. The Bertz CT molecular complexity index is 526. The van der Waals surface area contributed by atoms with E-state index in [0.29, 0.717) is 6.10 Å². The normalized spacial score (nSPS) is 25.1. The highest BCUT2D eigenvalue weighted by atomic mass is 16.5. The van der Waals surface area contributed by atoms with Gasteiger partial charge in [0.1, 0.15) is 6.04 Å². The first-order valence-electron chi connectivity index (χ1n) is 7.08. The second-order valence-electron chi connectivity index (χ2n) is 5.63. The molecule has 0 saturated carbocycles. The summed E-state index contributed by atoms with van der Waals surface area (Å²) in [4.78, 5) is 15.7. The highest BCUT2D eigenvalue weighted by molar-refractivity contribution is 6.04. The van der Waals surface area contributed by atoms with Crippen LogP contribution in [-0.2, 0) is 9.53 Å². The summed E-state index contributed by atoms with van der Waals surface area (Å²) in [5.74, 6) is -0.0427. The Kier molecular flexibility index (Phi) is 3.40. The molecule has 108 valence electrons. The molecule has 3 rings (SSSR count). The number of nitrogens with two attached hydrogens (primary N) is 1. The number of likely N-dealkylation sites (N-methyl/N-ethyl adjacent to an activating group) is 2. The van der Waals surface area contributed by atoms with Gasteiger partial charge in [0.2, 0.25) is 5.91 Å². The lowest BCUT2D eigenvalue weighted by Crippen LogP contribution is -2.29. The lowest BCUT2D eigenvalue weighted by atomic mass is 10.1. The molecule has 2 unspecified atom stereocenters. The van der Waals surface area contributed by atoms with Gasteiger partial charge in [0.15, 0.2) is 0 Å². The van der Waals surface area contributed by atoms with Crippen molar-refractivity contribution in [2.24, 2.45) is 5.73 Å². The van der Waals surface area contributed by atoms with Crippen LogP contribution in [0.2, 0.25) is 0 Å². The Balaban J connectivity index is 1.80. The predicted octanol–water partition coefficient (Wildman–Crippen LogP) is 1.28. The molecule has 5 heteroatoms. The van der Waals surface area contributed by atoms with Crippen molar-refractivity contribution in [3.05, 3.63) is 23.8 Å². The third-order valence-corrected chi connectivity index (χ3v) is 4.25. The van der Waals surface area contributed by atoms with E-state index in [4.69, 9.17) is 10.5 Å². The SMILES string of the molecule is CN(CC1CCCO1)c1ccc2c(c1)N(C)C(=O)C2N. The molecule has 1 aromatic rings. The van der Waals surface area contributed by atoms with Crippen LogP contribution in [0.5, 0.6) is 0 Å². The van der Waals surface area contributed by atoms with Crippen LogP contribution in [0, 0.1) is 0 Å². The lowest BCUT2D eigenvalue weighted by molar-refractivity contribution is -0.118. The monoisotopic (exact) mass is 275 g/mol. The molecule has 0 aromatic heterocycles.